The summed E-state index contributed by atoms with van der Waals surface area (Å²) in [4.78, 5) is 0. The summed E-state index contributed by atoms with van der Waals surface area (Å²) in [7, 11) is 1.77. The second-order valence-electron chi connectivity index (χ2n) is 3.17. The molecule has 2 nitrogen and oxygen atoms in total. The van der Waals surface area contributed by atoms with Gasteiger partial charge in [0.25, 0.3) is 0 Å². The van der Waals surface area contributed by atoms with Crippen LogP contribution < -0.4 is 5.32 Å². The first-order chi connectivity index (χ1) is 5.87. The normalized spacial score (nSPS) is 18.5. The van der Waals surface area contributed by atoms with Gasteiger partial charge in [0, 0.05) is 20.2 Å². The maximum atomic E-state index is 5.50. The van der Waals surface area contributed by atoms with Gasteiger partial charge in [-0.2, -0.15) is 0 Å². The molecule has 3 heteroatoms. The van der Waals surface area contributed by atoms with Crippen LogP contribution in [0.2, 0.25) is 0 Å². The number of ether oxygens (including phenoxy) is 1. The van der Waals surface area contributed by atoms with E-state index in [-0.39, 0.29) is 18.0 Å². The van der Waals surface area contributed by atoms with Gasteiger partial charge >= 0.3 is 0 Å². The van der Waals surface area contributed by atoms with Gasteiger partial charge in [0.05, 0.1) is 0 Å². The fourth-order valence-electron chi connectivity index (χ4n) is 1.56. The average molecular weight is 200 g/mol. The molecule has 1 aromatic carbocycles. The fourth-order valence-corrected chi connectivity index (χ4v) is 1.56. The molecule has 0 atom stereocenters. The highest BCUT2D eigenvalue weighted by molar-refractivity contribution is 5.85. The summed E-state index contributed by atoms with van der Waals surface area (Å²) in [5.41, 5.74) is 1.22. The van der Waals surface area contributed by atoms with Crippen LogP contribution in [0.3, 0.4) is 0 Å². The Morgan fingerprint density at radius 3 is 2.23 bits per heavy atom. The molecule has 72 valence electrons. The Morgan fingerprint density at radius 2 is 1.85 bits per heavy atom. The molecular weight excluding hydrogens is 186 g/mol. The number of rotatable bonds is 2. The van der Waals surface area contributed by atoms with Crippen molar-refractivity contribution < 1.29 is 4.74 Å². The Balaban J connectivity index is 0.000000845. The van der Waals surface area contributed by atoms with Gasteiger partial charge < -0.3 is 10.1 Å². The van der Waals surface area contributed by atoms with Gasteiger partial charge in [-0.15, -0.1) is 12.4 Å². The van der Waals surface area contributed by atoms with Crippen LogP contribution in [0.25, 0.3) is 0 Å². The maximum Gasteiger partial charge on any atom is 0.117 e. The molecule has 1 aliphatic heterocycles. The lowest BCUT2D eigenvalue weighted by atomic mass is 9.88. The van der Waals surface area contributed by atoms with E-state index in [2.05, 4.69) is 29.6 Å². The molecule has 13 heavy (non-hydrogen) atoms. The fraction of sp³-hybridized carbons (Fsp3) is 0.400. The van der Waals surface area contributed by atoms with Gasteiger partial charge in [-0.1, -0.05) is 30.3 Å². The molecule has 0 radical (unpaired) electrons. The first-order valence-electron chi connectivity index (χ1n) is 4.19. The number of benzene rings is 1. The molecule has 1 aliphatic rings. The van der Waals surface area contributed by atoms with E-state index in [9.17, 15) is 0 Å². The summed E-state index contributed by atoms with van der Waals surface area (Å²) in [6.07, 6.45) is 0. The Bertz CT molecular complexity index is 253. The summed E-state index contributed by atoms with van der Waals surface area (Å²) < 4.78 is 5.50. The van der Waals surface area contributed by atoms with Crippen LogP contribution in [0, 0.1) is 0 Å². The molecule has 0 amide bonds. The SMILES string of the molecule is COC1(c2ccccc2)CNC1.Cl. The van der Waals surface area contributed by atoms with Gasteiger partial charge in [-0.25, -0.2) is 0 Å². The zero-order chi connectivity index (χ0) is 8.44. The Kier molecular flexibility index (Phi) is 3.31. The van der Waals surface area contributed by atoms with Crippen molar-refractivity contribution in [3.8, 4) is 0 Å². The lowest BCUT2D eigenvalue weighted by Crippen LogP contribution is -2.57. The highest BCUT2D eigenvalue weighted by atomic mass is 35.5. The molecule has 1 heterocycles. The van der Waals surface area contributed by atoms with E-state index >= 15 is 0 Å². The average Bonchev–Trinajstić information content (AvgIpc) is 2.05. The van der Waals surface area contributed by atoms with E-state index in [4.69, 9.17) is 4.74 Å². The van der Waals surface area contributed by atoms with E-state index in [0.717, 1.165) is 13.1 Å². The Morgan fingerprint density at radius 1 is 1.23 bits per heavy atom. The van der Waals surface area contributed by atoms with Crippen molar-refractivity contribution in [1.29, 1.82) is 0 Å². The van der Waals surface area contributed by atoms with E-state index < -0.39 is 0 Å². The van der Waals surface area contributed by atoms with Crippen LogP contribution in [0.4, 0.5) is 0 Å². The third-order valence-corrected chi connectivity index (χ3v) is 2.51. The molecule has 0 aliphatic carbocycles. The number of halogens is 1. The highest BCUT2D eigenvalue weighted by Gasteiger charge is 2.38. The van der Waals surface area contributed by atoms with Gasteiger partial charge in [0.15, 0.2) is 0 Å². The van der Waals surface area contributed by atoms with E-state index in [1.165, 1.54) is 5.56 Å². The monoisotopic (exact) mass is 199 g/mol. The molecule has 2 rings (SSSR count). The molecule has 0 unspecified atom stereocenters. The van der Waals surface area contributed by atoms with Crippen molar-refractivity contribution in [2.75, 3.05) is 20.2 Å². The van der Waals surface area contributed by atoms with Crippen molar-refractivity contribution in [3.05, 3.63) is 35.9 Å². The van der Waals surface area contributed by atoms with Crippen LogP contribution in [-0.4, -0.2) is 20.2 Å². The quantitative estimate of drug-likeness (QED) is 0.781. The largest absolute Gasteiger partial charge is 0.371 e. The zero-order valence-electron chi connectivity index (χ0n) is 7.62. The summed E-state index contributed by atoms with van der Waals surface area (Å²) in [6, 6.07) is 10.4. The predicted molar refractivity (Wildman–Crippen MR) is 55.2 cm³/mol. The van der Waals surface area contributed by atoms with Crippen molar-refractivity contribution in [1.82, 2.24) is 5.32 Å². The van der Waals surface area contributed by atoms with Crippen LogP contribution in [0.15, 0.2) is 30.3 Å². The molecule has 1 aromatic rings. The summed E-state index contributed by atoms with van der Waals surface area (Å²) in [5.74, 6) is 0. The number of nitrogens with one attached hydrogen (secondary N) is 1. The topological polar surface area (TPSA) is 21.3 Å². The zero-order valence-corrected chi connectivity index (χ0v) is 8.43. The summed E-state index contributed by atoms with van der Waals surface area (Å²) in [5, 5.41) is 3.23. The first kappa shape index (κ1) is 10.5. The molecule has 0 saturated carbocycles. The molecule has 1 N–H and O–H groups in total. The van der Waals surface area contributed by atoms with E-state index in [0.29, 0.717) is 0 Å². The van der Waals surface area contributed by atoms with Gasteiger partial charge in [0.2, 0.25) is 0 Å². The number of hydrogen-bond donors (Lipinski definition) is 1. The highest BCUT2D eigenvalue weighted by Crippen LogP contribution is 2.28. The van der Waals surface area contributed by atoms with Crippen molar-refractivity contribution in [2.45, 2.75) is 5.60 Å². The molecular formula is C10H14ClNO. The third kappa shape index (κ3) is 1.70. The van der Waals surface area contributed by atoms with Crippen molar-refractivity contribution in [2.24, 2.45) is 0 Å². The van der Waals surface area contributed by atoms with Crippen LogP contribution in [0.1, 0.15) is 5.56 Å². The Labute approximate surface area is 84.7 Å². The smallest absolute Gasteiger partial charge is 0.117 e. The molecule has 0 spiro atoms. The first-order valence-corrected chi connectivity index (χ1v) is 4.19. The second kappa shape index (κ2) is 4.09. The van der Waals surface area contributed by atoms with Gasteiger partial charge in [0.1, 0.15) is 5.60 Å². The van der Waals surface area contributed by atoms with Gasteiger partial charge in [-0.05, 0) is 5.56 Å². The number of hydrogen-bond acceptors (Lipinski definition) is 2. The molecule has 1 fully saturated rings. The molecule has 0 aromatic heterocycles. The lowest BCUT2D eigenvalue weighted by Gasteiger charge is -2.41. The lowest BCUT2D eigenvalue weighted by molar-refractivity contribution is -0.0565. The minimum Gasteiger partial charge on any atom is -0.371 e. The minimum absolute atomic E-state index is 0. The second-order valence-corrected chi connectivity index (χ2v) is 3.17. The van der Waals surface area contributed by atoms with Crippen molar-refractivity contribution >= 4 is 12.4 Å². The standard InChI is InChI=1S/C10H13NO.ClH/c1-12-10(7-11-8-10)9-5-3-2-4-6-9;/h2-6,11H,7-8H2,1H3;1H. The molecule has 1 saturated heterocycles. The maximum absolute atomic E-state index is 5.50. The summed E-state index contributed by atoms with van der Waals surface area (Å²) >= 11 is 0. The van der Waals surface area contributed by atoms with Crippen LogP contribution in [-0.2, 0) is 10.3 Å². The molecule has 0 bridgehead atoms. The van der Waals surface area contributed by atoms with Gasteiger partial charge in [-0.3, -0.25) is 0 Å². The minimum atomic E-state index is -0.0543. The third-order valence-electron chi connectivity index (χ3n) is 2.51. The van der Waals surface area contributed by atoms with Crippen molar-refractivity contribution in [3.63, 3.8) is 0 Å². The van der Waals surface area contributed by atoms with E-state index in [1.54, 1.807) is 7.11 Å². The summed E-state index contributed by atoms with van der Waals surface area (Å²) in [6.45, 7) is 1.85. The Hall–Kier alpha value is -0.570. The predicted octanol–water partition coefficient (Wildman–Crippen LogP) is 1.55. The number of methoxy groups -OCH3 is 1. The van der Waals surface area contributed by atoms with E-state index in [1.807, 2.05) is 6.07 Å². The van der Waals surface area contributed by atoms with Crippen LogP contribution >= 0.6 is 12.4 Å². The van der Waals surface area contributed by atoms with Crippen LogP contribution in [0.5, 0.6) is 0 Å².